The molecule has 1 saturated heterocycles. The first kappa shape index (κ1) is 17.0. The van der Waals surface area contributed by atoms with E-state index in [0.29, 0.717) is 31.0 Å². The lowest BCUT2D eigenvalue weighted by atomic mass is 10.1. The van der Waals surface area contributed by atoms with E-state index in [-0.39, 0.29) is 12.5 Å². The normalized spacial score (nSPS) is 18.1. The van der Waals surface area contributed by atoms with E-state index >= 15 is 0 Å². The highest BCUT2D eigenvalue weighted by molar-refractivity contribution is 5.94. The maximum absolute atomic E-state index is 12.6. The second kappa shape index (κ2) is 7.40. The standard InChI is InChI=1S/C18H21N5O2/c1-13-20-9-15(10-21-13)18(25)23-8-7-22(16(12-23)17(19)24)11-14-5-3-2-4-6-14/h2-6,9-10,16H,7-8,11-12H2,1H3,(H2,19,24)/t16-/m1/s1. The molecule has 1 fully saturated rings. The molecular formula is C18H21N5O2. The molecule has 0 radical (unpaired) electrons. The van der Waals surface area contributed by atoms with Gasteiger partial charge in [-0.2, -0.15) is 0 Å². The zero-order valence-corrected chi connectivity index (χ0v) is 14.1. The summed E-state index contributed by atoms with van der Waals surface area (Å²) < 4.78 is 0. The molecule has 1 aliphatic heterocycles. The number of hydrogen-bond donors (Lipinski definition) is 1. The molecule has 7 heteroatoms. The zero-order valence-electron chi connectivity index (χ0n) is 14.1. The van der Waals surface area contributed by atoms with Crippen molar-refractivity contribution in [3.8, 4) is 0 Å². The van der Waals surface area contributed by atoms with Gasteiger partial charge in [0.2, 0.25) is 5.91 Å². The van der Waals surface area contributed by atoms with Crippen LogP contribution in [0.15, 0.2) is 42.7 Å². The molecule has 0 saturated carbocycles. The summed E-state index contributed by atoms with van der Waals surface area (Å²) in [6, 6.07) is 9.40. The Balaban J connectivity index is 1.71. The molecule has 7 nitrogen and oxygen atoms in total. The van der Waals surface area contributed by atoms with Crippen molar-refractivity contribution in [3.63, 3.8) is 0 Å². The maximum Gasteiger partial charge on any atom is 0.257 e. The number of benzene rings is 1. The van der Waals surface area contributed by atoms with E-state index in [2.05, 4.69) is 9.97 Å². The van der Waals surface area contributed by atoms with Gasteiger partial charge >= 0.3 is 0 Å². The number of hydrogen-bond acceptors (Lipinski definition) is 5. The van der Waals surface area contributed by atoms with Gasteiger partial charge in [-0.25, -0.2) is 9.97 Å². The first-order valence-corrected chi connectivity index (χ1v) is 8.20. The van der Waals surface area contributed by atoms with Crippen LogP contribution in [0.5, 0.6) is 0 Å². The molecule has 2 heterocycles. The largest absolute Gasteiger partial charge is 0.368 e. The van der Waals surface area contributed by atoms with Gasteiger partial charge in [0.05, 0.1) is 5.56 Å². The van der Waals surface area contributed by atoms with Crippen molar-refractivity contribution in [1.29, 1.82) is 0 Å². The number of rotatable bonds is 4. The summed E-state index contributed by atoms with van der Waals surface area (Å²) in [5.41, 5.74) is 7.12. The third-order valence-electron chi connectivity index (χ3n) is 4.36. The number of primary amides is 1. The zero-order chi connectivity index (χ0) is 17.8. The lowest BCUT2D eigenvalue weighted by Gasteiger charge is -2.39. The van der Waals surface area contributed by atoms with Crippen molar-refractivity contribution in [1.82, 2.24) is 19.8 Å². The monoisotopic (exact) mass is 339 g/mol. The molecule has 0 spiro atoms. The molecular weight excluding hydrogens is 318 g/mol. The molecule has 1 atom stereocenters. The fourth-order valence-electron chi connectivity index (χ4n) is 2.97. The van der Waals surface area contributed by atoms with E-state index in [9.17, 15) is 9.59 Å². The number of aromatic nitrogens is 2. The molecule has 1 aliphatic rings. The summed E-state index contributed by atoms with van der Waals surface area (Å²) in [7, 11) is 0. The van der Waals surface area contributed by atoms with Crippen LogP contribution >= 0.6 is 0 Å². The fraction of sp³-hybridized carbons (Fsp3) is 0.333. The van der Waals surface area contributed by atoms with Crippen LogP contribution in [0.25, 0.3) is 0 Å². The van der Waals surface area contributed by atoms with E-state index in [1.807, 2.05) is 35.2 Å². The summed E-state index contributed by atoms with van der Waals surface area (Å²) in [5, 5.41) is 0. The van der Waals surface area contributed by atoms with Crippen LogP contribution in [0.3, 0.4) is 0 Å². The number of piperazine rings is 1. The lowest BCUT2D eigenvalue weighted by molar-refractivity contribution is -0.125. The Bertz CT molecular complexity index is 748. The number of carbonyl (C=O) groups excluding carboxylic acids is 2. The van der Waals surface area contributed by atoms with E-state index < -0.39 is 11.9 Å². The first-order valence-electron chi connectivity index (χ1n) is 8.20. The van der Waals surface area contributed by atoms with Crippen molar-refractivity contribution >= 4 is 11.8 Å². The van der Waals surface area contributed by atoms with Crippen LogP contribution in [0, 0.1) is 6.92 Å². The predicted octanol–water partition coefficient (Wildman–Crippen LogP) is 0.597. The van der Waals surface area contributed by atoms with Crippen LogP contribution in [-0.4, -0.2) is 57.3 Å². The van der Waals surface area contributed by atoms with Crippen molar-refractivity contribution in [2.75, 3.05) is 19.6 Å². The molecule has 1 aromatic heterocycles. The van der Waals surface area contributed by atoms with E-state index in [1.54, 1.807) is 11.8 Å². The van der Waals surface area contributed by atoms with Gasteiger partial charge in [0.25, 0.3) is 5.91 Å². The highest BCUT2D eigenvalue weighted by Gasteiger charge is 2.33. The number of nitrogens with zero attached hydrogens (tertiary/aromatic N) is 4. The minimum atomic E-state index is -0.510. The van der Waals surface area contributed by atoms with Gasteiger partial charge in [-0.3, -0.25) is 14.5 Å². The molecule has 25 heavy (non-hydrogen) atoms. The smallest absolute Gasteiger partial charge is 0.257 e. The predicted molar refractivity (Wildman–Crippen MR) is 92.5 cm³/mol. The average molecular weight is 339 g/mol. The van der Waals surface area contributed by atoms with Gasteiger partial charge in [0.15, 0.2) is 0 Å². The molecule has 0 unspecified atom stereocenters. The average Bonchev–Trinajstić information content (AvgIpc) is 2.63. The quantitative estimate of drug-likeness (QED) is 0.880. The minimum absolute atomic E-state index is 0.175. The van der Waals surface area contributed by atoms with Crippen LogP contribution in [0.2, 0.25) is 0 Å². The number of nitrogens with two attached hydrogens (primary N) is 1. The number of carbonyl (C=O) groups is 2. The second-order valence-electron chi connectivity index (χ2n) is 6.14. The Hall–Kier alpha value is -2.80. The van der Waals surface area contributed by atoms with Gasteiger partial charge < -0.3 is 10.6 Å². The number of amides is 2. The summed E-state index contributed by atoms with van der Waals surface area (Å²) in [6.45, 7) is 3.78. The Morgan fingerprint density at radius 2 is 1.84 bits per heavy atom. The highest BCUT2D eigenvalue weighted by atomic mass is 16.2. The maximum atomic E-state index is 12.6. The molecule has 130 valence electrons. The molecule has 2 aromatic rings. The van der Waals surface area contributed by atoms with Gasteiger partial charge in [0.1, 0.15) is 11.9 Å². The van der Waals surface area contributed by atoms with Crippen molar-refractivity contribution < 1.29 is 9.59 Å². The molecule has 1 aromatic carbocycles. The Kier molecular flexibility index (Phi) is 5.04. The highest BCUT2D eigenvalue weighted by Crippen LogP contribution is 2.16. The first-order chi connectivity index (χ1) is 12.0. The van der Waals surface area contributed by atoms with Crippen molar-refractivity contribution in [3.05, 3.63) is 59.7 Å². The summed E-state index contributed by atoms with van der Waals surface area (Å²) in [6.07, 6.45) is 3.03. The third-order valence-corrected chi connectivity index (χ3v) is 4.36. The topological polar surface area (TPSA) is 92.4 Å². The van der Waals surface area contributed by atoms with Crippen molar-refractivity contribution in [2.45, 2.75) is 19.5 Å². The fourth-order valence-corrected chi connectivity index (χ4v) is 2.97. The van der Waals surface area contributed by atoms with E-state index in [4.69, 9.17) is 5.73 Å². The molecule has 0 bridgehead atoms. The molecule has 3 rings (SSSR count). The van der Waals surface area contributed by atoms with Gasteiger partial charge in [-0.05, 0) is 12.5 Å². The van der Waals surface area contributed by atoms with Crippen LogP contribution in [0.4, 0.5) is 0 Å². The minimum Gasteiger partial charge on any atom is -0.368 e. The third kappa shape index (κ3) is 4.00. The Morgan fingerprint density at radius 1 is 1.16 bits per heavy atom. The SMILES string of the molecule is Cc1ncc(C(=O)N2CCN(Cc3ccccc3)[C@@H](C(N)=O)C2)cn1. The van der Waals surface area contributed by atoms with Crippen LogP contribution in [0.1, 0.15) is 21.7 Å². The van der Waals surface area contributed by atoms with Gasteiger partial charge in [-0.15, -0.1) is 0 Å². The number of aryl methyl sites for hydroxylation is 1. The van der Waals surface area contributed by atoms with E-state index in [0.717, 1.165) is 5.56 Å². The summed E-state index contributed by atoms with van der Waals surface area (Å²) in [4.78, 5) is 36.3. The van der Waals surface area contributed by atoms with Crippen LogP contribution in [-0.2, 0) is 11.3 Å². The van der Waals surface area contributed by atoms with Crippen molar-refractivity contribution in [2.24, 2.45) is 5.73 Å². The molecule has 2 amide bonds. The second-order valence-corrected chi connectivity index (χ2v) is 6.14. The Labute approximate surface area is 146 Å². The molecule has 0 aliphatic carbocycles. The summed E-state index contributed by atoms with van der Waals surface area (Å²) in [5.74, 6) is 0.0124. The molecule has 2 N–H and O–H groups in total. The lowest BCUT2D eigenvalue weighted by Crippen LogP contribution is -2.58. The van der Waals surface area contributed by atoms with Gasteiger partial charge in [-0.1, -0.05) is 30.3 Å². The Morgan fingerprint density at radius 3 is 2.48 bits per heavy atom. The van der Waals surface area contributed by atoms with Gasteiger partial charge in [0, 0.05) is 38.6 Å². The van der Waals surface area contributed by atoms with E-state index in [1.165, 1.54) is 12.4 Å². The van der Waals surface area contributed by atoms with Crippen LogP contribution < -0.4 is 5.73 Å². The summed E-state index contributed by atoms with van der Waals surface area (Å²) >= 11 is 0.